The third-order valence-electron chi connectivity index (χ3n) is 2.79. The number of H-pyrrole nitrogens is 1. The van der Waals surface area contributed by atoms with E-state index in [-0.39, 0.29) is 0 Å². The quantitative estimate of drug-likeness (QED) is 0.726. The molecule has 0 radical (unpaired) electrons. The lowest BCUT2D eigenvalue weighted by Crippen LogP contribution is -2.13. The lowest BCUT2D eigenvalue weighted by Gasteiger charge is -2.03. The zero-order valence-corrected chi connectivity index (χ0v) is 10.2. The van der Waals surface area contributed by atoms with E-state index < -0.39 is 0 Å². The molecule has 2 N–H and O–H groups in total. The van der Waals surface area contributed by atoms with Crippen LogP contribution in [-0.2, 0) is 13.1 Å². The van der Waals surface area contributed by atoms with Crippen molar-refractivity contribution in [1.29, 1.82) is 0 Å². The van der Waals surface area contributed by atoms with Crippen molar-refractivity contribution in [2.45, 2.75) is 13.1 Å². The molecule has 2 heterocycles. The summed E-state index contributed by atoms with van der Waals surface area (Å²) in [6.45, 7) is 1.26. The fraction of sp³-hybridized carbons (Fsp3) is 0.154. The normalized spacial score (nSPS) is 10.7. The van der Waals surface area contributed by atoms with Gasteiger partial charge in [0.2, 0.25) is 6.39 Å². The molecule has 0 saturated heterocycles. The Hall–Kier alpha value is -2.47. The molecule has 0 aliphatic carbocycles. The number of hydrogen-bond donors (Lipinski definition) is 2. The molecule has 3 aromatic rings. The molecular weight excluding hydrogens is 242 g/mol. The van der Waals surface area contributed by atoms with Crippen LogP contribution in [0.15, 0.2) is 47.4 Å². The van der Waals surface area contributed by atoms with Crippen LogP contribution in [0.2, 0.25) is 0 Å². The number of nitrogens with one attached hydrogen (secondary N) is 2. The molecule has 96 valence electrons. The molecule has 0 aliphatic rings. The van der Waals surface area contributed by atoms with Gasteiger partial charge in [0.15, 0.2) is 5.82 Å². The monoisotopic (exact) mass is 255 g/mol. The molecule has 2 aromatic heterocycles. The summed E-state index contributed by atoms with van der Waals surface area (Å²) in [7, 11) is 0. The van der Waals surface area contributed by atoms with E-state index in [4.69, 9.17) is 0 Å². The molecule has 1 aromatic carbocycles. The van der Waals surface area contributed by atoms with Crippen LogP contribution in [0.4, 0.5) is 0 Å². The van der Waals surface area contributed by atoms with Gasteiger partial charge in [-0.1, -0.05) is 35.5 Å². The molecule has 0 unspecified atom stereocenters. The summed E-state index contributed by atoms with van der Waals surface area (Å²) in [5.74, 6) is 0.643. The summed E-state index contributed by atoms with van der Waals surface area (Å²) in [5, 5.41) is 14.1. The van der Waals surface area contributed by atoms with Crippen molar-refractivity contribution < 1.29 is 4.52 Å². The molecule has 0 amide bonds. The van der Waals surface area contributed by atoms with Gasteiger partial charge in [0, 0.05) is 12.1 Å². The number of nitrogens with zero attached hydrogens (tertiary/aromatic N) is 3. The van der Waals surface area contributed by atoms with Crippen molar-refractivity contribution in [2.75, 3.05) is 0 Å². The lowest BCUT2D eigenvalue weighted by atomic mass is 10.1. The second-order valence-electron chi connectivity index (χ2n) is 4.09. The van der Waals surface area contributed by atoms with Crippen LogP contribution in [0.3, 0.4) is 0 Å². The van der Waals surface area contributed by atoms with Gasteiger partial charge >= 0.3 is 0 Å². The molecule has 6 heteroatoms. The Bertz CT molecular complexity index is 618. The van der Waals surface area contributed by atoms with Crippen molar-refractivity contribution in [3.05, 3.63) is 54.3 Å². The summed E-state index contributed by atoms with van der Waals surface area (Å²) >= 11 is 0. The van der Waals surface area contributed by atoms with E-state index in [1.54, 1.807) is 0 Å². The Morgan fingerprint density at radius 3 is 2.84 bits per heavy atom. The van der Waals surface area contributed by atoms with Gasteiger partial charge in [0.05, 0.1) is 18.4 Å². The van der Waals surface area contributed by atoms with Gasteiger partial charge in [0.25, 0.3) is 0 Å². The standard InChI is InChI=1S/C13H13N5O/c1-2-4-10(5-3-1)13-11(7-16-17-13)6-14-8-12-15-9-19-18-12/h1-5,7,9,14H,6,8H2,(H,16,17). The van der Waals surface area contributed by atoms with Gasteiger partial charge in [0.1, 0.15) is 0 Å². The predicted molar refractivity (Wildman–Crippen MR) is 68.9 cm³/mol. The number of aromatic nitrogens is 4. The first-order chi connectivity index (χ1) is 9.43. The van der Waals surface area contributed by atoms with Crippen LogP contribution < -0.4 is 5.32 Å². The SMILES string of the molecule is c1ccc(-c2[nH]ncc2CNCc2ncon2)cc1. The highest BCUT2D eigenvalue weighted by atomic mass is 16.5. The van der Waals surface area contributed by atoms with Gasteiger partial charge in [-0.2, -0.15) is 10.1 Å². The first-order valence-corrected chi connectivity index (χ1v) is 5.97. The van der Waals surface area contributed by atoms with Crippen molar-refractivity contribution in [3.63, 3.8) is 0 Å². The summed E-state index contributed by atoms with van der Waals surface area (Å²) < 4.78 is 4.68. The van der Waals surface area contributed by atoms with Crippen LogP contribution >= 0.6 is 0 Å². The van der Waals surface area contributed by atoms with Crippen molar-refractivity contribution in [2.24, 2.45) is 0 Å². The van der Waals surface area contributed by atoms with Gasteiger partial charge in [-0.25, -0.2) is 0 Å². The molecular formula is C13H13N5O. The number of benzene rings is 1. The van der Waals surface area contributed by atoms with Crippen LogP contribution in [0.5, 0.6) is 0 Å². The Kier molecular flexibility index (Phi) is 3.33. The highest BCUT2D eigenvalue weighted by molar-refractivity contribution is 5.62. The van der Waals surface area contributed by atoms with E-state index in [2.05, 4.69) is 42.3 Å². The van der Waals surface area contributed by atoms with Gasteiger partial charge < -0.3 is 9.84 Å². The third-order valence-corrected chi connectivity index (χ3v) is 2.79. The minimum absolute atomic E-state index is 0.565. The van der Waals surface area contributed by atoms with E-state index in [1.165, 1.54) is 6.39 Å². The van der Waals surface area contributed by atoms with E-state index in [9.17, 15) is 0 Å². The average molecular weight is 255 g/mol. The fourth-order valence-corrected chi connectivity index (χ4v) is 1.88. The summed E-state index contributed by atoms with van der Waals surface area (Å²) in [4.78, 5) is 3.95. The third kappa shape index (κ3) is 2.69. The summed E-state index contributed by atoms with van der Waals surface area (Å²) in [6, 6.07) is 10.1. The van der Waals surface area contributed by atoms with E-state index >= 15 is 0 Å². The molecule has 0 atom stereocenters. The van der Waals surface area contributed by atoms with Crippen molar-refractivity contribution >= 4 is 0 Å². The first-order valence-electron chi connectivity index (χ1n) is 5.97. The maximum atomic E-state index is 4.68. The molecule has 0 bridgehead atoms. The molecule has 0 saturated carbocycles. The second-order valence-corrected chi connectivity index (χ2v) is 4.09. The van der Waals surface area contributed by atoms with Crippen LogP contribution in [-0.4, -0.2) is 20.3 Å². The number of rotatable bonds is 5. The summed E-state index contributed by atoms with van der Waals surface area (Å²) in [6.07, 6.45) is 3.15. The zero-order valence-electron chi connectivity index (χ0n) is 10.2. The Labute approximate surface area is 109 Å². The Morgan fingerprint density at radius 1 is 1.16 bits per heavy atom. The van der Waals surface area contributed by atoms with E-state index in [0.717, 1.165) is 16.8 Å². The van der Waals surface area contributed by atoms with Crippen LogP contribution in [0.1, 0.15) is 11.4 Å². The Morgan fingerprint density at radius 2 is 2.05 bits per heavy atom. The molecule has 0 spiro atoms. The van der Waals surface area contributed by atoms with Crippen LogP contribution in [0, 0.1) is 0 Å². The topological polar surface area (TPSA) is 79.6 Å². The predicted octanol–water partition coefficient (Wildman–Crippen LogP) is 1.75. The maximum absolute atomic E-state index is 4.68. The highest BCUT2D eigenvalue weighted by Crippen LogP contribution is 2.20. The minimum atomic E-state index is 0.565. The van der Waals surface area contributed by atoms with Gasteiger partial charge in [-0.05, 0) is 5.56 Å². The van der Waals surface area contributed by atoms with E-state index in [0.29, 0.717) is 18.9 Å². The largest absolute Gasteiger partial charge is 0.343 e. The van der Waals surface area contributed by atoms with E-state index in [1.807, 2.05) is 24.4 Å². The van der Waals surface area contributed by atoms with Crippen LogP contribution in [0.25, 0.3) is 11.3 Å². The summed E-state index contributed by atoms with van der Waals surface area (Å²) in [5.41, 5.74) is 3.26. The maximum Gasteiger partial charge on any atom is 0.213 e. The fourth-order valence-electron chi connectivity index (χ4n) is 1.88. The first kappa shape index (κ1) is 11.6. The number of hydrogen-bond acceptors (Lipinski definition) is 5. The molecule has 19 heavy (non-hydrogen) atoms. The van der Waals surface area contributed by atoms with Crippen molar-refractivity contribution in [3.8, 4) is 11.3 Å². The molecule has 0 aliphatic heterocycles. The minimum Gasteiger partial charge on any atom is -0.343 e. The average Bonchev–Trinajstić information content (AvgIpc) is 3.11. The Balaban J connectivity index is 1.67. The smallest absolute Gasteiger partial charge is 0.213 e. The molecule has 6 nitrogen and oxygen atoms in total. The van der Waals surface area contributed by atoms with Crippen molar-refractivity contribution in [1.82, 2.24) is 25.7 Å². The zero-order chi connectivity index (χ0) is 12.9. The second kappa shape index (κ2) is 5.45. The van der Waals surface area contributed by atoms with Gasteiger partial charge in [-0.3, -0.25) is 5.10 Å². The van der Waals surface area contributed by atoms with Gasteiger partial charge in [-0.15, -0.1) is 0 Å². The lowest BCUT2D eigenvalue weighted by molar-refractivity contribution is 0.407. The number of aromatic amines is 1. The molecule has 3 rings (SSSR count). The highest BCUT2D eigenvalue weighted by Gasteiger charge is 2.07. The molecule has 0 fully saturated rings.